The first-order valence-corrected chi connectivity index (χ1v) is 9.37. The summed E-state index contributed by atoms with van der Waals surface area (Å²) >= 11 is 1.40. The van der Waals surface area contributed by atoms with Gasteiger partial charge in [0, 0.05) is 17.6 Å². The molecule has 3 rings (SSSR count). The summed E-state index contributed by atoms with van der Waals surface area (Å²) in [6.07, 6.45) is 1.92. The quantitative estimate of drug-likeness (QED) is 0.866. The van der Waals surface area contributed by atoms with E-state index >= 15 is 0 Å². The lowest BCUT2D eigenvalue weighted by atomic mass is 9.92. The van der Waals surface area contributed by atoms with E-state index in [-0.39, 0.29) is 5.91 Å². The summed E-state index contributed by atoms with van der Waals surface area (Å²) in [5.41, 5.74) is 1.28. The van der Waals surface area contributed by atoms with Crippen molar-refractivity contribution in [1.29, 1.82) is 0 Å². The SMILES string of the molecule is Cc1cnc(NC(=O)[C@@H]2c3ccccc3CCN2C(=O)OC(C)(C)C)s1. The maximum atomic E-state index is 13.0. The Kier molecular flexibility index (Phi) is 5.00. The van der Waals surface area contributed by atoms with Crippen LogP contribution in [0.4, 0.5) is 9.93 Å². The molecule has 1 aromatic carbocycles. The molecular formula is C19H23N3O3S. The second-order valence-corrected chi connectivity index (χ2v) is 8.53. The van der Waals surface area contributed by atoms with E-state index < -0.39 is 17.7 Å². The van der Waals surface area contributed by atoms with Crippen molar-refractivity contribution in [2.45, 2.75) is 45.8 Å². The van der Waals surface area contributed by atoms with Crippen LogP contribution in [0.1, 0.15) is 42.8 Å². The molecule has 2 aromatic rings. The third kappa shape index (κ3) is 4.04. The third-order valence-corrected chi connectivity index (χ3v) is 4.84. The summed E-state index contributed by atoms with van der Waals surface area (Å²) in [5, 5.41) is 3.37. The monoisotopic (exact) mass is 373 g/mol. The fraction of sp³-hybridized carbons (Fsp3) is 0.421. The molecule has 2 heterocycles. The highest BCUT2D eigenvalue weighted by Gasteiger charge is 2.38. The van der Waals surface area contributed by atoms with Gasteiger partial charge in [0.2, 0.25) is 0 Å². The van der Waals surface area contributed by atoms with Crippen LogP contribution < -0.4 is 5.32 Å². The summed E-state index contributed by atoms with van der Waals surface area (Å²) in [4.78, 5) is 32.4. The second-order valence-electron chi connectivity index (χ2n) is 7.29. The zero-order valence-corrected chi connectivity index (χ0v) is 16.2. The van der Waals surface area contributed by atoms with E-state index in [9.17, 15) is 9.59 Å². The Morgan fingerprint density at radius 2 is 2.04 bits per heavy atom. The van der Waals surface area contributed by atoms with Gasteiger partial charge in [0.25, 0.3) is 5.91 Å². The Balaban J connectivity index is 1.91. The summed E-state index contributed by atoms with van der Waals surface area (Å²) in [7, 11) is 0. The van der Waals surface area contributed by atoms with Crippen LogP contribution >= 0.6 is 11.3 Å². The van der Waals surface area contributed by atoms with Gasteiger partial charge in [-0.3, -0.25) is 15.0 Å². The molecule has 6 nitrogen and oxygen atoms in total. The number of nitrogens with one attached hydrogen (secondary N) is 1. The molecule has 0 saturated heterocycles. The Bertz CT molecular complexity index is 825. The lowest BCUT2D eigenvalue weighted by Crippen LogP contribution is -2.47. The van der Waals surface area contributed by atoms with E-state index in [0.29, 0.717) is 18.1 Å². The lowest BCUT2D eigenvalue weighted by molar-refractivity contribution is -0.121. The average Bonchev–Trinajstić information content (AvgIpc) is 2.96. The minimum absolute atomic E-state index is 0.280. The third-order valence-electron chi connectivity index (χ3n) is 4.01. The number of hydrogen-bond acceptors (Lipinski definition) is 5. The molecule has 138 valence electrons. The molecule has 1 aliphatic heterocycles. The lowest BCUT2D eigenvalue weighted by Gasteiger charge is -2.37. The van der Waals surface area contributed by atoms with E-state index in [1.807, 2.05) is 52.0 Å². The molecule has 0 saturated carbocycles. The number of carbonyl (C=O) groups is 2. The Morgan fingerprint density at radius 1 is 1.31 bits per heavy atom. The van der Waals surface area contributed by atoms with Gasteiger partial charge in [-0.2, -0.15) is 0 Å². The van der Waals surface area contributed by atoms with Gasteiger partial charge >= 0.3 is 6.09 Å². The molecule has 0 fully saturated rings. The molecular weight excluding hydrogens is 350 g/mol. The van der Waals surface area contributed by atoms with Crippen LogP contribution in [0.15, 0.2) is 30.5 Å². The van der Waals surface area contributed by atoms with Crippen LogP contribution in [0.2, 0.25) is 0 Å². The van der Waals surface area contributed by atoms with Crippen LogP contribution in [-0.2, 0) is 16.0 Å². The topological polar surface area (TPSA) is 71.5 Å². The number of thiazole rings is 1. The number of fused-ring (bicyclic) bond motifs is 1. The number of rotatable bonds is 2. The van der Waals surface area contributed by atoms with Gasteiger partial charge in [-0.15, -0.1) is 11.3 Å². The van der Waals surface area contributed by atoms with Crippen molar-refractivity contribution >= 4 is 28.5 Å². The highest BCUT2D eigenvalue weighted by Crippen LogP contribution is 2.32. The number of carbonyl (C=O) groups excluding carboxylic acids is 2. The van der Waals surface area contributed by atoms with Crippen molar-refractivity contribution in [2.24, 2.45) is 0 Å². The number of anilines is 1. The number of ether oxygens (including phenoxy) is 1. The van der Waals surface area contributed by atoms with Crippen molar-refractivity contribution < 1.29 is 14.3 Å². The number of nitrogens with zero attached hydrogens (tertiary/aromatic N) is 2. The fourth-order valence-electron chi connectivity index (χ4n) is 2.95. The van der Waals surface area contributed by atoms with E-state index in [0.717, 1.165) is 16.0 Å². The van der Waals surface area contributed by atoms with Gasteiger partial charge in [0.05, 0.1) is 0 Å². The first kappa shape index (κ1) is 18.4. The average molecular weight is 373 g/mol. The van der Waals surface area contributed by atoms with Crippen LogP contribution in [0.3, 0.4) is 0 Å². The molecule has 7 heteroatoms. The van der Waals surface area contributed by atoms with Crippen LogP contribution in [-0.4, -0.2) is 34.0 Å². The summed E-state index contributed by atoms with van der Waals surface area (Å²) in [5.74, 6) is -0.280. The van der Waals surface area contributed by atoms with Gasteiger partial charge in [0.1, 0.15) is 11.6 Å². The highest BCUT2D eigenvalue weighted by atomic mass is 32.1. The van der Waals surface area contributed by atoms with Crippen molar-refractivity contribution in [2.75, 3.05) is 11.9 Å². The fourth-order valence-corrected chi connectivity index (χ4v) is 3.62. The smallest absolute Gasteiger partial charge is 0.411 e. The first-order valence-electron chi connectivity index (χ1n) is 8.55. The summed E-state index contributed by atoms with van der Waals surface area (Å²) in [6, 6.07) is 6.98. The van der Waals surface area contributed by atoms with Gasteiger partial charge in [-0.25, -0.2) is 9.78 Å². The van der Waals surface area contributed by atoms with E-state index in [4.69, 9.17) is 4.74 Å². The maximum absolute atomic E-state index is 13.0. The molecule has 1 aromatic heterocycles. The molecule has 0 unspecified atom stereocenters. The Hall–Kier alpha value is -2.41. The zero-order chi connectivity index (χ0) is 18.9. The normalized spacial score (nSPS) is 16.8. The van der Waals surface area contributed by atoms with Crippen LogP contribution in [0, 0.1) is 6.92 Å². The first-order chi connectivity index (χ1) is 12.2. The molecule has 2 amide bonds. The predicted octanol–water partition coefficient (Wildman–Crippen LogP) is 3.92. The summed E-state index contributed by atoms with van der Waals surface area (Å²) in [6.45, 7) is 7.81. The number of hydrogen-bond donors (Lipinski definition) is 1. The predicted molar refractivity (Wildman–Crippen MR) is 101 cm³/mol. The molecule has 0 spiro atoms. The zero-order valence-electron chi connectivity index (χ0n) is 15.4. The van der Waals surface area contributed by atoms with E-state index in [2.05, 4.69) is 10.3 Å². The largest absolute Gasteiger partial charge is 0.444 e. The van der Waals surface area contributed by atoms with Gasteiger partial charge in [0.15, 0.2) is 5.13 Å². The van der Waals surface area contributed by atoms with Crippen molar-refractivity contribution in [1.82, 2.24) is 9.88 Å². The van der Waals surface area contributed by atoms with Crippen LogP contribution in [0.5, 0.6) is 0 Å². The standard InChI is InChI=1S/C19H23N3O3S/c1-12-11-20-17(26-12)21-16(23)15-14-8-6-5-7-13(14)9-10-22(15)18(24)25-19(2,3)4/h5-8,11,15H,9-10H2,1-4H3,(H,20,21,23)/t15-/m0/s1. The molecule has 1 atom stereocenters. The van der Waals surface area contributed by atoms with Crippen molar-refractivity contribution in [3.05, 3.63) is 46.5 Å². The summed E-state index contributed by atoms with van der Waals surface area (Å²) < 4.78 is 5.52. The number of benzene rings is 1. The second kappa shape index (κ2) is 7.07. The van der Waals surface area contributed by atoms with Gasteiger partial charge in [-0.1, -0.05) is 24.3 Å². The number of aromatic nitrogens is 1. The molecule has 0 aliphatic carbocycles. The molecule has 26 heavy (non-hydrogen) atoms. The van der Waals surface area contributed by atoms with Gasteiger partial charge in [-0.05, 0) is 45.2 Å². The molecule has 0 bridgehead atoms. The molecule has 0 radical (unpaired) electrons. The minimum atomic E-state index is -0.737. The Morgan fingerprint density at radius 3 is 2.69 bits per heavy atom. The Labute approximate surface area is 157 Å². The highest BCUT2D eigenvalue weighted by molar-refractivity contribution is 7.15. The number of amides is 2. The van der Waals surface area contributed by atoms with Crippen molar-refractivity contribution in [3.8, 4) is 0 Å². The molecule has 1 N–H and O–H groups in total. The minimum Gasteiger partial charge on any atom is -0.444 e. The number of aryl methyl sites for hydroxylation is 1. The van der Waals surface area contributed by atoms with E-state index in [1.54, 1.807) is 6.20 Å². The van der Waals surface area contributed by atoms with Crippen molar-refractivity contribution in [3.63, 3.8) is 0 Å². The van der Waals surface area contributed by atoms with Crippen LogP contribution in [0.25, 0.3) is 0 Å². The maximum Gasteiger partial charge on any atom is 0.411 e. The van der Waals surface area contributed by atoms with Gasteiger partial charge < -0.3 is 4.74 Å². The molecule has 1 aliphatic rings. The van der Waals surface area contributed by atoms with E-state index in [1.165, 1.54) is 16.2 Å².